The molecule has 2 rings (SSSR count). The Bertz CT molecular complexity index is 567. The maximum Gasteiger partial charge on any atom is 0.394 e. The molecule has 0 saturated heterocycles. The van der Waals surface area contributed by atoms with E-state index in [0.717, 1.165) is 10.0 Å². The van der Waals surface area contributed by atoms with Gasteiger partial charge in [0, 0.05) is 4.47 Å². The zero-order valence-corrected chi connectivity index (χ0v) is 11.8. The van der Waals surface area contributed by atoms with E-state index in [1.165, 1.54) is 6.26 Å². The molecule has 6 heteroatoms. The third-order valence-electron chi connectivity index (χ3n) is 2.22. The molecule has 0 unspecified atom stereocenters. The van der Waals surface area contributed by atoms with Crippen LogP contribution in [0.3, 0.4) is 0 Å². The average Bonchev–Trinajstić information content (AvgIpc) is 2.86. The lowest BCUT2D eigenvalue weighted by molar-refractivity contribution is 0.0519. The van der Waals surface area contributed by atoms with Gasteiger partial charge in [-0.05, 0) is 24.6 Å². The highest BCUT2D eigenvalue weighted by atomic mass is 79.9. The number of carbonyl (C=O) groups excluding carboxylic acids is 1. The predicted octanol–water partition coefficient (Wildman–Crippen LogP) is 3.19. The molecule has 0 aliphatic rings. The third kappa shape index (κ3) is 3.82. The molecule has 5 nitrogen and oxygen atoms in total. The standard InChI is InChI=1S/C13H12BrNO4/c1-2-17-12(16)11-8-19-13(15-11)18-7-9-4-3-5-10(14)6-9/h3-6,8H,2,7H2,1H3. The van der Waals surface area contributed by atoms with E-state index in [0.29, 0.717) is 13.2 Å². The van der Waals surface area contributed by atoms with Crippen LogP contribution in [0.25, 0.3) is 0 Å². The van der Waals surface area contributed by atoms with Crippen molar-refractivity contribution in [2.24, 2.45) is 0 Å². The molecule has 0 spiro atoms. The number of halogens is 1. The Morgan fingerprint density at radius 2 is 2.32 bits per heavy atom. The number of benzene rings is 1. The van der Waals surface area contributed by atoms with Crippen LogP contribution >= 0.6 is 15.9 Å². The van der Waals surface area contributed by atoms with Gasteiger partial charge >= 0.3 is 12.0 Å². The van der Waals surface area contributed by atoms with Gasteiger partial charge in [-0.15, -0.1) is 0 Å². The van der Waals surface area contributed by atoms with Gasteiger partial charge in [-0.25, -0.2) is 4.79 Å². The summed E-state index contributed by atoms with van der Waals surface area (Å²) in [5.74, 6) is -0.524. The van der Waals surface area contributed by atoms with Crippen LogP contribution in [0, 0.1) is 0 Å². The summed E-state index contributed by atoms with van der Waals surface area (Å²) in [5.41, 5.74) is 1.07. The van der Waals surface area contributed by atoms with E-state index in [9.17, 15) is 4.79 Å². The van der Waals surface area contributed by atoms with Crippen LogP contribution in [-0.2, 0) is 11.3 Å². The molecule has 0 amide bonds. The highest BCUT2D eigenvalue weighted by Crippen LogP contribution is 2.15. The van der Waals surface area contributed by atoms with Crippen molar-refractivity contribution in [1.29, 1.82) is 0 Å². The summed E-state index contributed by atoms with van der Waals surface area (Å²) in [4.78, 5) is 15.3. The zero-order valence-electron chi connectivity index (χ0n) is 10.3. The minimum atomic E-state index is -0.524. The molecule has 1 heterocycles. The molecule has 1 aromatic heterocycles. The molecule has 0 aliphatic heterocycles. The predicted molar refractivity (Wildman–Crippen MR) is 70.9 cm³/mol. The minimum Gasteiger partial charge on any atom is -0.461 e. The quantitative estimate of drug-likeness (QED) is 0.790. The van der Waals surface area contributed by atoms with E-state index in [-0.39, 0.29) is 11.8 Å². The first-order valence-corrected chi connectivity index (χ1v) is 6.48. The van der Waals surface area contributed by atoms with Crippen LogP contribution < -0.4 is 4.74 Å². The van der Waals surface area contributed by atoms with Crippen molar-refractivity contribution in [3.05, 3.63) is 46.3 Å². The maximum atomic E-state index is 11.4. The fourth-order valence-corrected chi connectivity index (χ4v) is 1.84. The monoisotopic (exact) mass is 325 g/mol. The topological polar surface area (TPSA) is 61.6 Å². The maximum absolute atomic E-state index is 11.4. The highest BCUT2D eigenvalue weighted by molar-refractivity contribution is 9.10. The van der Waals surface area contributed by atoms with Crippen molar-refractivity contribution in [1.82, 2.24) is 4.98 Å². The Kier molecular flexibility index (Phi) is 4.57. The van der Waals surface area contributed by atoms with Crippen molar-refractivity contribution in [2.45, 2.75) is 13.5 Å². The molecule has 0 N–H and O–H groups in total. The van der Waals surface area contributed by atoms with E-state index < -0.39 is 5.97 Å². The number of esters is 1. The Balaban J connectivity index is 1.95. The largest absolute Gasteiger partial charge is 0.461 e. The van der Waals surface area contributed by atoms with Gasteiger partial charge in [0.15, 0.2) is 5.69 Å². The molecule has 100 valence electrons. The van der Waals surface area contributed by atoms with Gasteiger partial charge in [0.05, 0.1) is 6.61 Å². The van der Waals surface area contributed by atoms with Crippen molar-refractivity contribution in [3.63, 3.8) is 0 Å². The number of aromatic nitrogens is 1. The Hall–Kier alpha value is -1.82. The van der Waals surface area contributed by atoms with Gasteiger partial charge in [0.1, 0.15) is 12.9 Å². The molecule has 0 radical (unpaired) electrons. The minimum absolute atomic E-state index is 0.0445. The Morgan fingerprint density at radius 3 is 3.05 bits per heavy atom. The number of nitrogens with zero attached hydrogens (tertiary/aromatic N) is 1. The Morgan fingerprint density at radius 1 is 1.47 bits per heavy atom. The summed E-state index contributed by atoms with van der Waals surface area (Å²) in [6, 6.07) is 7.67. The van der Waals surface area contributed by atoms with Crippen LogP contribution in [0.2, 0.25) is 0 Å². The second-order valence-corrected chi connectivity index (χ2v) is 4.55. The second kappa shape index (κ2) is 6.38. The van der Waals surface area contributed by atoms with Crippen LogP contribution in [0.1, 0.15) is 23.0 Å². The van der Waals surface area contributed by atoms with E-state index in [4.69, 9.17) is 13.9 Å². The van der Waals surface area contributed by atoms with Gasteiger partial charge < -0.3 is 13.9 Å². The normalized spacial score (nSPS) is 10.2. The summed E-state index contributed by atoms with van der Waals surface area (Å²) in [7, 11) is 0. The highest BCUT2D eigenvalue weighted by Gasteiger charge is 2.13. The van der Waals surface area contributed by atoms with Crippen LogP contribution in [0.5, 0.6) is 6.08 Å². The SMILES string of the molecule is CCOC(=O)c1coc(OCc2cccc(Br)c2)n1. The zero-order chi connectivity index (χ0) is 13.7. The van der Waals surface area contributed by atoms with E-state index in [2.05, 4.69) is 20.9 Å². The lowest BCUT2D eigenvalue weighted by Gasteiger charge is -2.01. The molecular formula is C13H12BrNO4. The van der Waals surface area contributed by atoms with Crippen molar-refractivity contribution in [3.8, 4) is 6.08 Å². The molecule has 2 aromatic rings. The number of hydrogen-bond acceptors (Lipinski definition) is 5. The van der Waals surface area contributed by atoms with Crippen LogP contribution in [0.15, 0.2) is 39.4 Å². The lowest BCUT2D eigenvalue weighted by Crippen LogP contribution is -2.05. The van der Waals surface area contributed by atoms with Crippen molar-refractivity contribution in [2.75, 3.05) is 6.61 Å². The number of rotatable bonds is 5. The summed E-state index contributed by atoms with van der Waals surface area (Å²) in [6.07, 6.45) is 1.26. The first-order valence-electron chi connectivity index (χ1n) is 5.69. The third-order valence-corrected chi connectivity index (χ3v) is 2.71. The molecule has 0 atom stereocenters. The smallest absolute Gasteiger partial charge is 0.394 e. The number of ether oxygens (including phenoxy) is 2. The summed E-state index contributed by atoms with van der Waals surface area (Å²) in [6.45, 7) is 2.32. The molecule has 0 saturated carbocycles. The first-order chi connectivity index (χ1) is 9.19. The van der Waals surface area contributed by atoms with E-state index in [1.807, 2.05) is 24.3 Å². The van der Waals surface area contributed by atoms with Gasteiger partial charge in [0.25, 0.3) is 0 Å². The fourth-order valence-electron chi connectivity index (χ4n) is 1.39. The number of carbonyl (C=O) groups is 1. The average molecular weight is 326 g/mol. The number of hydrogen-bond donors (Lipinski definition) is 0. The fraction of sp³-hybridized carbons (Fsp3) is 0.231. The van der Waals surface area contributed by atoms with Gasteiger partial charge in [-0.3, -0.25) is 0 Å². The molecule has 1 aromatic carbocycles. The van der Waals surface area contributed by atoms with Crippen molar-refractivity contribution >= 4 is 21.9 Å². The van der Waals surface area contributed by atoms with Crippen LogP contribution in [0.4, 0.5) is 0 Å². The van der Waals surface area contributed by atoms with Gasteiger partial charge in [0.2, 0.25) is 0 Å². The van der Waals surface area contributed by atoms with Gasteiger partial charge in [-0.2, -0.15) is 4.98 Å². The summed E-state index contributed by atoms with van der Waals surface area (Å²) in [5, 5.41) is 0. The lowest BCUT2D eigenvalue weighted by atomic mass is 10.2. The summed E-state index contributed by atoms with van der Waals surface area (Å²) < 4.78 is 16.2. The van der Waals surface area contributed by atoms with Crippen LogP contribution in [-0.4, -0.2) is 17.6 Å². The van der Waals surface area contributed by atoms with E-state index >= 15 is 0 Å². The molecule has 0 bridgehead atoms. The molecule has 19 heavy (non-hydrogen) atoms. The second-order valence-electron chi connectivity index (χ2n) is 3.64. The van der Waals surface area contributed by atoms with Gasteiger partial charge in [-0.1, -0.05) is 28.1 Å². The van der Waals surface area contributed by atoms with Crippen molar-refractivity contribution < 1.29 is 18.7 Å². The molecule has 0 fully saturated rings. The van der Waals surface area contributed by atoms with E-state index in [1.54, 1.807) is 6.92 Å². The molecular weight excluding hydrogens is 314 g/mol. The Labute approximate surface area is 118 Å². The first kappa shape index (κ1) is 13.6. The number of oxazole rings is 1. The molecule has 0 aliphatic carbocycles. The summed E-state index contributed by atoms with van der Waals surface area (Å²) >= 11 is 3.37.